The number of amides is 1. The van der Waals surface area contributed by atoms with Crippen molar-refractivity contribution in [3.8, 4) is 5.88 Å². The lowest BCUT2D eigenvalue weighted by molar-refractivity contribution is -0.0477. The van der Waals surface area contributed by atoms with Crippen LogP contribution in [0.15, 0.2) is 48.7 Å². The van der Waals surface area contributed by atoms with Crippen molar-refractivity contribution in [2.24, 2.45) is 0 Å². The van der Waals surface area contributed by atoms with E-state index in [0.717, 1.165) is 6.42 Å². The molecule has 25 heavy (non-hydrogen) atoms. The monoisotopic (exact) mass is 342 g/mol. The highest BCUT2D eigenvalue weighted by Crippen LogP contribution is 2.32. The molecule has 0 saturated carbocycles. The topological polar surface area (TPSA) is 51.7 Å². The van der Waals surface area contributed by atoms with Gasteiger partial charge >= 0.3 is 0 Å². The van der Waals surface area contributed by atoms with E-state index >= 15 is 0 Å². The quantitative estimate of drug-likeness (QED) is 0.861. The Morgan fingerprint density at radius 1 is 1.20 bits per heavy atom. The Hall–Kier alpha value is -2.47. The van der Waals surface area contributed by atoms with Crippen LogP contribution in [-0.2, 0) is 4.74 Å². The fraction of sp³-hybridized carbons (Fsp3) is 0.368. The molecule has 0 unspecified atom stereocenters. The van der Waals surface area contributed by atoms with Gasteiger partial charge in [-0.25, -0.2) is 9.37 Å². The average molecular weight is 342 g/mol. The van der Waals surface area contributed by atoms with E-state index in [2.05, 4.69) is 4.98 Å². The molecule has 0 aliphatic carbocycles. The van der Waals surface area contributed by atoms with Gasteiger partial charge in [-0.05, 0) is 24.6 Å². The Bertz CT molecular complexity index is 755. The van der Waals surface area contributed by atoms with Crippen LogP contribution in [-0.4, -0.2) is 47.2 Å². The first kappa shape index (κ1) is 16.0. The van der Waals surface area contributed by atoms with Crippen LogP contribution in [0.1, 0.15) is 23.2 Å². The number of piperidine rings is 1. The molecule has 0 spiro atoms. The third-order valence-electron chi connectivity index (χ3n) is 4.80. The van der Waals surface area contributed by atoms with E-state index in [4.69, 9.17) is 9.47 Å². The zero-order valence-corrected chi connectivity index (χ0v) is 13.7. The third kappa shape index (κ3) is 3.09. The molecule has 6 heteroatoms. The van der Waals surface area contributed by atoms with Crippen molar-refractivity contribution in [1.29, 1.82) is 0 Å². The Morgan fingerprint density at radius 3 is 2.84 bits per heavy atom. The summed E-state index contributed by atoms with van der Waals surface area (Å²) >= 11 is 0. The van der Waals surface area contributed by atoms with Crippen molar-refractivity contribution in [3.05, 3.63) is 60.0 Å². The molecule has 1 aromatic heterocycles. The number of halogens is 1. The van der Waals surface area contributed by atoms with Crippen LogP contribution in [0.2, 0.25) is 0 Å². The number of hydrogen-bond acceptors (Lipinski definition) is 4. The van der Waals surface area contributed by atoms with Crippen molar-refractivity contribution in [2.75, 3.05) is 13.2 Å². The van der Waals surface area contributed by atoms with Crippen LogP contribution in [0.3, 0.4) is 0 Å². The van der Waals surface area contributed by atoms with E-state index in [0.29, 0.717) is 25.5 Å². The van der Waals surface area contributed by atoms with Gasteiger partial charge < -0.3 is 14.4 Å². The molecule has 5 nitrogen and oxygen atoms in total. The predicted molar refractivity (Wildman–Crippen MR) is 88.9 cm³/mol. The average Bonchev–Trinajstić information content (AvgIpc) is 3.13. The molecule has 130 valence electrons. The number of hydrogen-bond donors (Lipinski definition) is 0. The van der Waals surface area contributed by atoms with Crippen molar-refractivity contribution < 1.29 is 18.7 Å². The zero-order valence-electron chi connectivity index (χ0n) is 13.7. The lowest BCUT2D eigenvalue weighted by Gasteiger charge is -2.40. The summed E-state index contributed by atoms with van der Waals surface area (Å²) in [5.41, 5.74) is 0.109. The van der Waals surface area contributed by atoms with Crippen LogP contribution < -0.4 is 4.74 Å². The first-order valence-electron chi connectivity index (χ1n) is 8.49. The normalized spacial score (nSPS) is 25.5. The van der Waals surface area contributed by atoms with Gasteiger partial charge in [0.05, 0.1) is 11.6 Å². The summed E-state index contributed by atoms with van der Waals surface area (Å²) in [5, 5.41) is 0. The molecule has 2 saturated heterocycles. The summed E-state index contributed by atoms with van der Waals surface area (Å²) in [7, 11) is 0. The number of carbonyl (C=O) groups excluding carboxylic acids is 1. The molecule has 3 atom stereocenters. The second-order valence-electron chi connectivity index (χ2n) is 6.28. The predicted octanol–water partition coefficient (Wildman–Crippen LogP) is 2.67. The van der Waals surface area contributed by atoms with E-state index in [1.165, 1.54) is 12.1 Å². The maximum atomic E-state index is 14.0. The van der Waals surface area contributed by atoms with E-state index < -0.39 is 5.82 Å². The number of rotatable bonds is 3. The van der Waals surface area contributed by atoms with Gasteiger partial charge in [0.15, 0.2) is 0 Å². The molecule has 1 aromatic carbocycles. The number of ether oxygens (including phenoxy) is 2. The van der Waals surface area contributed by atoms with Crippen molar-refractivity contribution in [2.45, 2.75) is 31.1 Å². The molecular weight excluding hydrogens is 323 g/mol. The maximum absolute atomic E-state index is 14.0. The van der Waals surface area contributed by atoms with Crippen LogP contribution in [0.5, 0.6) is 5.88 Å². The van der Waals surface area contributed by atoms with E-state index in [9.17, 15) is 9.18 Å². The van der Waals surface area contributed by atoms with Crippen LogP contribution in [0.4, 0.5) is 4.39 Å². The fourth-order valence-electron chi connectivity index (χ4n) is 3.62. The van der Waals surface area contributed by atoms with Crippen LogP contribution >= 0.6 is 0 Å². The van der Waals surface area contributed by atoms with Gasteiger partial charge in [0.25, 0.3) is 5.91 Å². The van der Waals surface area contributed by atoms with Gasteiger partial charge in [0.2, 0.25) is 5.88 Å². The summed E-state index contributed by atoms with van der Waals surface area (Å²) in [4.78, 5) is 18.7. The molecular formula is C19H19FN2O3. The summed E-state index contributed by atoms with van der Waals surface area (Å²) in [5.74, 6) is -0.222. The van der Waals surface area contributed by atoms with Gasteiger partial charge in [-0.3, -0.25) is 4.79 Å². The first-order chi connectivity index (χ1) is 12.2. The zero-order chi connectivity index (χ0) is 17.2. The molecule has 0 bridgehead atoms. The first-order valence-corrected chi connectivity index (χ1v) is 8.49. The van der Waals surface area contributed by atoms with Crippen LogP contribution in [0.25, 0.3) is 0 Å². The molecule has 2 aliphatic heterocycles. The van der Waals surface area contributed by atoms with Crippen molar-refractivity contribution in [3.63, 3.8) is 0 Å². The lowest BCUT2D eigenvalue weighted by atomic mass is 9.94. The number of likely N-dealkylation sites (tertiary alicyclic amines) is 1. The molecule has 4 rings (SSSR count). The minimum absolute atomic E-state index is 0.102. The SMILES string of the molecule is O=C(c1ccccc1F)N1CC[C@@H](Oc2ccccn2)[C@H]2OCC[C@@H]21. The summed E-state index contributed by atoms with van der Waals surface area (Å²) < 4.78 is 25.8. The van der Waals surface area contributed by atoms with Gasteiger partial charge in [-0.15, -0.1) is 0 Å². The third-order valence-corrected chi connectivity index (χ3v) is 4.80. The van der Waals surface area contributed by atoms with Gasteiger partial charge in [0, 0.05) is 31.8 Å². The Labute approximate surface area is 145 Å². The second kappa shape index (κ2) is 6.80. The summed E-state index contributed by atoms with van der Waals surface area (Å²) in [6.07, 6.45) is 2.66. The Morgan fingerprint density at radius 2 is 2.04 bits per heavy atom. The smallest absolute Gasteiger partial charge is 0.257 e. The summed E-state index contributed by atoms with van der Waals surface area (Å²) in [6, 6.07) is 11.5. The van der Waals surface area contributed by atoms with Gasteiger partial charge in [-0.1, -0.05) is 18.2 Å². The molecule has 0 N–H and O–H groups in total. The number of nitrogens with zero attached hydrogens (tertiary/aromatic N) is 2. The number of aromatic nitrogens is 1. The lowest BCUT2D eigenvalue weighted by Crippen LogP contribution is -2.56. The molecule has 1 amide bonds. The van der Waals surface area contributed by atoms with Crippen LogP contribution in [0, 0.1) is 5.82 Å². The van der Waals surface area contributed by atoms with Gasteiger partial charge in [-0.2, -0.15) is 0 Å². The standard InChI is InChI=1S/C19H19FN2O3/c20-14-6-2-1-5-13(14)19(23)22-11-8-16(18-15(22)9-12-24-18)25-17-7-3-4-10-21-17/h1-7,10,15-16,18H,8-9,11-12H2/t15-,16+,18-/m0/s1. The second-order valence-corrected chi connectivity index (χ2v) is 6.28. The molecule has 2 fully saturated rings. The molecule has 3 heterocycles. The molecule has 2 aliphatic rings. The fourth-order valence-corrected chi connectivity index (χ4v) is 3.62. The minimum atomic E-state index is -0.491. The van der Waals surface area contributed by atoms with Crippen molar-refractivity contribution in [1.82, 2.24) is 9.88 Å². The number of pyridine rings is 1. The highest BCUT2D eigenvalue weighted by molar-refractivity contribution is 5.94. The highest BCUT2D eigenvalue weighted by atomic mass is 19.1. The Kier molecular flexibility index (Phi) is 4.36. The minimum Gasteiger partial charge on any atom is -0.471 e. The van der Waals surface area contributed by atoms with Gasteiger partial charge in [0.1, 0.15) is 18.0 Å². The largest absolute Gasteiger partial charge is 0.471 e. The highest BCUT2D eigenvalue weighted by Gasteiger charge is 2.45. The summed E-state index contributed by atoms with van der Waals surface area (Å²) in [6.45, 7) is 1.08. The van der Waals surface area contributed by atoms with Crippen molar-refractivity contribution >= 4 is 5.91 Å². The molecule has 2 aromatic rings. The molecule has 0 radical (unpaired) electrons. The maximum Gasteiger partial charge on any atom is 0.257 e. The number of benzene rings is 1. The number of fused-ring (bicyclic) bond motifs is 1. The number of carbonyl (C=O) groups is 1. The van der Waals surface area contributed by atoms with E-state index in [-0.39, 0.29) is 29.7 Å². The van der Waals surface area contributed by atoms with E-state index in [1.807, 2.05) is 12.1 Å². The van der Waals surface area contributed by atoms with E-state index in [1.54, 1.807) is 29.3 Å². The Balaban J connectivity index is 1.52.